The van der Waals surface area contributed by atoms with Gasteiger partial charge in [0.05, 0.1) is 17.0 Å². The molecule has 35 heavy (non-hydrogen) atoms. The molecule has 0 bridgehead atoms. The molecule has 0 aliphatic carbocycles. The maximum absolute atomic E-state index is 13.1. The van der Waals surface area contributed by atoms with Gasteiger partial charge >= 0.3 is 0 Å². The third-order valence-electron chi connectivity index (χ3n) is 5.70. The minimum absolute atomic E-state index is 0.275. The van der Waals surface area contributed by atoms with E-state index in [1.807, 2.05) is 48.5 Å². The van der Waals surface area contributed by atoms with Gasteiger partial charge < -0.3 is 10.1 Å². The number of carbonyl (C=O) groups excluding carboxylic acids is 3. The summed E-state index contributed by atoms with van der Waals surface area (Å²) in [4.78, 5) is 39.6. The van der Waals surface area contributed by atoms with Crippen LogP contribution in [0.5, 0.6) is 5.75 Å². The first-order chi connectivity index (χ1) is 16.9. The zero-order valence-corrected chi connectivity index (χ0v) is 20.2. The van der Waals surface area contributed by atoms with Gasteiger partial charge in [0.2, 0.25) is 5.91 Å². The number of nitrogens with one attached hydrogen (secondary N) is 1. The van der Waals surface area contributed by atoms with Crippen molar-refractivity contribution in [3.8, 4) is 5.75 Å². The molecule has 4 aromatic carbocycles. The van der Waals surface area contributed by atoms with E-state index < -0.39 is 23.6 Å². The van der Waals surface area contributed by atoms with Crippen LogP contribution in [0, 0.1) is 0 Å². The molecule has 4 aromatic rings. The molecule has 1 fully saturated rings. The van der Waals surface area contributed by atoms with E-state index in [4.69, 9.17) is 16.3 Å². The molecule has 0 radical (unpaired) electrons. The summed E-state index contributed by atoms with van der Waals surface area (Å²) in [5.74, 6) is -0.535. The van der Waals surface area contributed by atoms with Crippen LogP contribution in [0.3, 0.4) is 0 Å². The summed E-state index contributed by atoms with van der Waals surface area (Å²) in [7, 11) is 1.49. The zero-order valence-electron chi connectivity index (χ0n) is 18.6. The van der Waals surface area contributed by atoms with Crippen LogP contribution in [-0.4, -0.2) is 35.6 Å². The highest BCUT2D eigenvalue weighted by molar-refractivity contribution is 8.18. The highest BCUT2D eigenvalue weighted by Gasteiger charge is 2.36. The fourth-order valence-electron chi connectivity index (χ4n) is 4.06. The van der Waals surface area contributed by atoms with Gasteiger partial charge in [-0.3, -0.25) is 19.3 Å². The van der Waals surface area contributed by atoms with Crippen LogP contribution in [0.1, 0.15) is 5.56 Å². The van der Waals surface area contributed by atoms with Gasteiger partial charge in [-0.25, -0.2) is 0 Å². The molecular weight excluding hydrogens is 484 g/mol. The van der Waals surface area contributed by atoms with Crippen molar-refractivity contribution >= 4 is 73.7 Å². The Hall–Kier alpha value is -3.81. The minimum atomic E-state index is -0.509. The molecule has 0 unspecified atom stereocenters. The molecule has 1 aliphatic heterocycles. The number of hydrogen-bond acceptors (Lipinski definition) is 5. The predicted octanol–water partition coefficient (Wildman–Crippen LogP) is 6.33. The van der Waals surface area contributed by atoms with E-state index in [1.54, 1.807) is 18.2 Å². The summed E-state index contributed by atoms with van der Waals surface area (Å²) in [6, 6.07) is 22.7. The van der Waals surface area contributed by atoms with Gasteiger partial charge in [-0.15, -0.1) is 0 Å². The fourth-order valence-corrected chi connectivity index (χ4v) is 5.14. The number of hydrogen-bond donors (Lipinski definition) is 1. The first kappa shape index (κ1) is 23.0. The van der Waals surface area contributed by atoms with Gasteiger partial charge in [-0.05, 0) is 69.2 Å². The number of fused-ring (bicyclic) bond motifs is 2. The largest absolute Gasteiger partial charge is 0.495 e. The number of amides is 3. The maximum Gasteiger partial charge on any atom is 0.294 e. The summed E-state index contributed by atoms with van der Waals surface area (Å²) in [6.45, 7) is -0.401. The van der Waals surface area contributed by atoms with E-state index in [9.17, 15) is 14.4 Å². The van der Waals surface area contributed by atoms with E-state index in [0.29, 0.717) is 16.5 Å². The van der Waals surface area contributed by atoms with E-state index in [-0.39, 0.29) is 4.91 Å². The van der Waals surface area contributed by atoms with Gasteiger partial charge in [0.1, 0.15) is 12.3 Å². The van der Waals surface area contributed by atoms with Crippen LogP contribution in [-0.2, 0) is 9.59 Å². The van der Waals surface area contributed by atoms with E-state index in [0.717, 1.165) is 43.8 Å². The molecule has 8 heteroatoms. The lowest BCUT2D eigenvalue weighted by molar-refractivity contribution is -0.127. The van der Waals surface area contributed by atoms with Gasteiger partial charge in [0.25, 0.3) is 11.1 Å². The number of halogens is 1. The van der Waals surface area contributed by atoms with E-state index in [2.05, 4.69) is 11.4 Å². The quantitative estimate of drug-likeness (QED) is 0.255. The second-order valence-corrected chi connectivity index (χ2v) is 9.30. The van der Waals surface area contributed by atoms with Gasteiger partial charge in [-0.2, -0.15) is 0 Å². The monoisotopic (exact) mass is 502 g/mol. The average Bonchev–Trinajstić information content (AvgIpc) is 3.11. The summed E-state index contributed by atoms with van der Waals surface area (Å²) >= 11 is 6.93. The molecule has 5 rings (SSSR count). The molecule has 0 atom stereocenters. The Morgan fingerprint density at radius 1 is 1.00 bits per heavy atom. The van der Waals surface area contributed by atoms with Crippen molar-refractivity contribution in [2.24, 2.45) is 0 Å². The number of anilines is 1. The van der Waals surface area contributed by atoms with Crippen LogP contribution in [0.4, 0.5) is 10.5 Å². The Kier molecular flexibility index (Phi) is 6.19. The Morgan fingerprint density at radius 2 is 1.66 bits per heavy atom. The molecule has 1 N–H and O–H groups in total. The van der Waals surface area contributed by atoms with Gasteiger partial charge in [0, 0.05) is 5.69 Å². The van der Waals surface area contributed by atoms with Crippen LogP contribution in [0.2, 0.25) is 5.02 Å². The molecule has 0 spiro atoms. The highest BCUT2D eigenvalue weighted by Crippen LogP contribution is 2.36. The highest BCUT2D eigenvalue weighted by atomic mass is 35.5. The van der Waals surface area contributed by atoms with Crippen LogP contribution in [0.25, 0.3) is 27.6 Å². The van der Waals surface area contributed by atoms with Crippen molar-refractivity contribution in [2.75, 3.05) is 19.0 Å². The molecule has 3 amide bonds. The normalized spacial score (nSPS) is 14.8. The third-order valence-corrected chi connectivity index (χ3v) is 6.90. The van der Waals surface area contributed by atoms with Crippen LogP contribution < -0.4 is 10.1 Å². The van der Waals surface area contributed by atoms with Crippen molar-refractivity contribution in [2.45, 2.75) is 0 Å². The van der Waals surface area contributed by atoms with Crippen molar-refractivity contribution in [1.82, 2.24) is 4.90 Å². The lowest BCUT2D eigenvalue weighted by Crippen LogP contribution is -2.36. The molecule has 1 heterocycles. The summed E-state index contributed by atoms with van der Waals surface area (Å²) in [5.41, 5.74) is 1.30. The Bertz CT molecular complexity index is 1500. The first-order valence-corrected chi connectivity index (χ1v) is 11.9. The molecule has 0 aromatic heterocycles. The lowest BCUT2D eigenvalue weighted by atomic mass is 9.96. The SMILES string of the molecule is COc1ccc(NC(=O)CN2C(=O)S/C(=C/c3c4ccccc4cc4ccccc34)C2=O)cc1Cl. The first-order valence-electron chi connectivity index (χ1n) is 10.7. The predicted molar refractivity (Wildman–Crippen MR) is 141 cm³/mol. The molecule has 6 nitrogen and oxygen atoms in total. The molecule has 0 saturated carbocycles. The van der Waals surface area contributed by atoms with E-state index in [1.165, 1.54) is 13.2 Å². The number of carbonyl (C=O) groups is 3. The van der Waals surface area contributed by atoms with Crippen LogP contribution >= 0.6 is 23.4 Å². The summed E-state index contributed by atoms with van der Waals surface area (Å²) < 4.78 is 5.10. The molecule has 1 aliphatic rings. The second-order valence-electron chi connectivity index (χ2n) is 7.90. The molecule has 1 saturated heterocycles. The van der Waals surface area contributed by atoms with Crippen molar-refractivity contribution in [3.63, 3.8) is 0 Å². The van der Waals surface area contributed by atoms with Crippen molar-refractivity contribution in [1.29, 1.82) is 0 Å². The smallest absolute Gasteiger partial charge is 0.294 e. The number of nitrogens with zero attached hydrogens (tertiary/aromatic N) is 1. The standard InChI is InChI=1S/C27H19ClN2O4S/c1-34-23-11-10-18(13-22(23)28)29-25(31)15-30-26(32)24(35-27(30)33)14-21-19-8-4-2-6-16(19)12-17-7-3-5-9-20(17)21/h2-14H,15H2,1H3,(H,29,31)/b24-14+. The van der Waals surface area contributed by atoms with Crippen molar-refractivity contribution in [3.05, 3.63) is 88.3 Å². The van der Waals surface area contributed by atoms with Crippen molar-refractivity contribution < 1.29 is 19.1 Å². The number of ether oxygens (including phenoxy) is 1. The van der Waals surface area contributed by atoms with Gasteiger partial charge in [0.15, 0.2) is 0 Å². The lowest BCUT2D eigenvalue weighted by Gasteiger charge is -2.13. The number of thioether (sulfide) groups is 1. The molecule has 174 valence electrons. The average molecular weight is 503 g/mol. The van der Waals surface area contributed by atoms with E-state index >= 15 is 0 Å². The second kappa shape index (κ2) is 9.44. The number of rotatable bonds is 5. The third kappa shape index (κ3) is 4.48. The number of methoxy groups -OCH3 is 1. The van der Waals surface area contributed by atoms with Crippen LogP contribution in [0.15, 0.2) is 77.7 Å². The number of imide groups is 1. The number of benzene rings is 4. The van der Waals surface area contributed by atoms with Gasteiger partial charge in [-0.1, -0.05) is 60.1 Å². The Balaban J connectivity index is 1.42. The topological polar surface area (TPSA) is 75.7 Å². The summed E-state index contributed by atoms with van der Waals surface area (Å²) in [6.07, 6.45) is 1.75. The zero-order chi connectivity index (χ0) is 24.5. The minimum Gasteiger partial charge on any atom is -0.495 e. The Morgan fingerprint density at radius 3 is 2.29 bits per heavy atom. The molecular formula is C27H19ClN2O4S. The Labute approximate surface area is 210 Å². The summed E-state index contributed by atoms with van der Waals surface area (Å²) in [5, 5.41) is 6.53. The maximum atomic E-state index is 13.1. The fraction of sp³-hybridized carbons (Fsp3) is 0.0741.